The van der Waals surface area contributed by atoms with Gasteiger partial charge in [0.2, 0.25) is 17.8 Å². The third-order valence-corrected chi connectivity index (χ3v) is 7.88. The van der Waals surface area contributed by atoms with Crippen LogP contribution in [0.4, 0.5) is 22.0 Å². The van der Waals surface area contributed by atoms with Gasteiger partial charge in [0.25, 0.3) is 0 Å². The lowest BCUT2D eigenvalue weighted by Gasteiger charge is -2.34. The highest BCUT2D eigenvalue weighted by Gasteiger charge is 2.31. The molecular formula is C26H33ClFN7O2. The van der Waals surface area contributed by atoms with Crippen LogP contribution < -0.4 is 16.4 Å². The molecule has 11 heteroatoms. The second kappa shape index (κ2) is 10.4. The highest BCUT2D eigenvalue weighted by Crippen LogP contribution is 2.39. The number of primary amides is 1. The Morgan fingerprint density at radius 2 is 2.05 bits per heavy atom. The number of rotatable bonds is 7. The number of benzene rings is 1. The molecule has 0 aliphatic heterocycles. The fourth-order valence-corrected chi connectivity index (χ4v) is 5.98. The second-order valence-corrected chi connectivity index (χ2v) is 11.1. The van der Waals surface area contributed by atoms with Crippen molar-refractivity contribution in [3.05, 3.63) is 35.2 Å². The van der Waals surface area contributed by atoms with Crippen LogP contribution in [0.2, 0.25) is 5.02 Å². The third-order valence-electron chi connectivity index (χ3n) is 7.57. The summed E-state index contributed by atoms with van der Waals surface area (Å²) in [5.41, 5.74) is 6.58. The maximum Gasteiger partial charge on any atom is 0.224 e. The molecule has 0 saturated heterocycles. The van der Waals surface area contributed by atoms with E-state index in [0.29, 0.717) is 41.6 Å². The summed E-state index contributed by atoms with van der Waals surface area (Å²) in [5.74, 6) is 0.631. The monoisotopic (exact) mass is 529 g/mol. The van der Waals surface area contributed by atoms with Gasteiger partial charge < -0.3 is 21.5 Å². The SMILES string of the molecule is C[C@]1(O)CCC[C@@H](Nc2ncc3nc(Nc4ccc(F)cc4Cl)n([C@H]4CC[C@@H](CC(N)=O)CC4)c3n2)C1. The number of aliphatic hydroxyl groups is 1. The van der Waals surface area contributed by atoms with Gasteiger partial charge in [-0.1, -0.05) is 11.6 Å². The summed E-state index contributed by atoms with van der Waals surface area (Å²) in [4.78, 5) is 25.5. The molecule has 2 saturated carbocycles. The predicted octanol–water partition coefficient (Wildman–Crippen LogP) is 5.07. The number of anilines is 3. The van der Waals surface area contributed by atoms with Crippen LogP contribution in [0.3, 0.4) is 0 Å². The second-order valence-electron chi connectivity index (χ2n) is 10.7. The van der Waals surface area contributed by atoms with Gasteiger partial charge in [-0.3, -0.25) is 9.36 Å². The molecule has 0 unspecified atom stereocenters. The maximum absolute atomic E-state index is 13.6. The van der Waals surface area contributed by atoms with Gasteiger partial charge in [-0.25, -0.2) is 14.4 Å². The fraction of sp³-hybridized carbons (Fsp3) is 0.538. The molecule has 9 nitrogen and oxygen atoms in total. The number of imidazole rings is 1. The van der Waals surface area contributed by atoms with E-state index in [9.17, 15) is 14.3 Å². The van der Waals surface area contributed by atoms with Crippen LogP contribution in [0.15, 0.2) is 24.4 Å². The summed E-state index contributed by atoms with van der Waals surface area (Å²) in [6.07, 6.45) is 8.82. The molecule has 5 N–H and O–H groups in total. The van der Waals surface area contributed by atoms with Crippen LogP contribution in [-0.4, -0.2) is 42.2 Å². The van der Waals surface area contributed by atoms with E-state index in [-0.39, 0.29) is 28.9 Å². The van der Waals surface area contributed by atoms with E-state index >= 15 is 0 Å². The molecule has 2 heterocycles. The summed E-state index contributed by atoms with van der Waals surface area (Å²) in [5, 5.41) is 17.4. The summed E-state index contributed by atoms with van der Waals surface area (Å²) < 4.78 is 15.7. The van der Waals surface area contributed by atoms with E-state index in [1.54, 1.807) is 12.3 Å². The van der Waals surface area contributed by atoms with Crippen molar-refractivity contribution < 1.29 is 14.3 Å². The van der Waals surface area contributed by atoms with Crippen LogP contribution in [0, 0.1) is 11.7 Å². The molecule has 2 aliphatic carbocycles. The third kappa shape index (κ3) is 5.96. The predicted molar refractivity (Wildman–Crippen MR) is 141 cm³/mol. The number of nitrogens with one attached hydrogen (secondary N) is 2. The number of fused-ring (bicyclic) bond motifs is 1. The number of carbonyl (C=O) groups is 1. The summed E-state index contributed by atoms with van der Waals surface area (Å²) >= 11 is 6.30. The van der Waals surface area contributed by atoms with Gasteiger partial charge in [0, 0.05) is 18.5 Å². The minimum absolute atomic E-state index is 0.0810. The Hall–Kier alpha value is -2.98. The molecule has 3 aromatic rings. The van der Waals surface area contributed by atoms with Crippen LogP contribution in [0.5, 0.6) is 0 Å². The van der Waals surface area contributed by atoms with Crippen molar-refractivity contribution >= 4 is 46.3 Å². The standard InChI is InChI=1S/C26H33ClFN7O2/c1-26(37)10-2-3-17(13-26)31-24-30-14-21-23(34-24)35(18-7-4-15(5-8-18)11-22(29)36)25(33-21)32-20-9-6-16(28)12-19(20)27/h6,9,12,14-15,17-18,37H,2-5,7-8,10-11,13H2,1H3,(H2,29,36)(H,32,33)(H,30,31,34)/t15-,17-,18+,26+/m1/s1. The first-order chi connectivity index (χ1) is 17.7. The molecule has 1 amide bonds. The smallest absolute Gasteiger partial charge is 0.224 e. The lowest BCUT2D eigenvalue weighted by Crippen LogP contribution is -2.38. The van der Waals surface area contributed by atoms with Crippen LogP contribution in [0.25, 0.3) is 11.2 Å². The molecule has 37 heavy (non-hydrogen) atoms. The molecule has 2 aliphatic rings. The quantitative estimate of drug-likeness (QED) is 0.336. The Kier molecular flexibility index (Phi) is 7.22. The van der Waals surface area contributed by atoms with E-state index < -0.39 is 11.4 Å². The average molecular weight is 530 g/mol. The molecule has 0 radical (unpaired) electrons. The Balaban J connectivity index is 1.47. The van der Waals surface area contributed by atoms with E-state index in [0.717, 1.165) is 44.9 Å². The largest absolute Gasteiger partial charge is 0.390 e. The first-order valence-corrected chi connectivity index (χ1v) is 13.3. The Morgan fingerprint density at radius 1 is 1.27 bits per heavy atom. The number of aromatic nitrogens is 4. The lowest BCUT2D eigenvalue weighted by molar-refractivity contribution is -0.119. The normalized spacial score (nSPS) is 26.2. The molecule has 0 spiro atoms. The van der Waals surface area contributed by atoms with Gasteiger partial charge in [-0.2, -0.15) is 4.98 Å². The number of nitrogens with zero attached hydrogens (tertiary/aromatic N) is 4. The van der Waals surface area contributed by atoms with E-state index in [4.69, 9.17) is 27.3 Å². The van der Waals surface area contributed by atoms with Crippen molar-refractivity contribution in [2.75, 3.05) is 10.6 Å². The zero-order valence-corrected chi connectivity index (χ0v) is 21.6. The number of halogens is 2. The number of hydrogen-bond donors (Lipinski definition) is 4. The Bertz CT molecular complexity index is 1290. The van der Waals surface area contributed by atoms with Crippen molar-refractivity contribution in [3.8, 4) is 0 Å². The Labute approximate surface area is 220 Å². The van der Waals surface area contributed by atoms with E-state index in [2.05, 4.69) is 20.2 Å². The lowest BCUT2D eigenvalue weighted by atomic mass is 9.83. The Morgan fingerprint density at radius 3 is 2.76 bits per heavy atom. The molecule has 2 fully saturated rings. The molecule has 198 valence electrons. The zero-order chi connectivity index (χ0) is 26.2. The number of nitrogens with two attached hydrogens (primary N) is 1. The highest BCUT2D eigenvalue weighted by atomic mass is 35.5. The number of carbonyl (C=O) groups excluding carboxylic acids is 1. The van der Waals surface area contributed by atoms with E-state index in [1.807, 2.05) is 6.92 Å². The number of amides is 1. The fourth-order valence-electron chi connectivity index (χ4n) is 5.77. The summed E-state index contributed by atoms with van der Waals surface area (Å²) in [6.45, 7) is 1.87. The van der Waals surface area contributed by atoms with Gasteiger partial charge in [-0.15, -0.1) is 0 Å². The summed E-state index contributed by atoms with van der Waals surface area (Å²) in [7, 11) is 0. The molecular weight excluding hydrogens is 497 g/mol. The molecule has 0 bridgehead atoms. The van der Waals surface area contributed by atoms with Crippen molar-refractivity contribution in [1.82, 2.24) is 19.5 Å². The first-order valence-electron chi connectivity index (χ1n) is 12.9. The summed E-state index contributed by atoms with van der Waals surface area (Å²) in [6, 6.07) is 4.36. The topological polar surface area (TPSA) is 131 Å². The minimum atomic E-state index is -0.698. The van der Waals surface area contributed by atoms with Crippen molar-refractivity contribution in [3.63, 3.8) is 0 Å². The molecule has 1 aromatic carbocycles. The van der Waals surface area contributed by atoms with Gasteiger partial charge in [-0.05, 0) is 82.4 Å². The minimum Gasteiger partial charge on any atom is -0.390 e. The van der Waals surface area contributed by atoms with Crippen LogP contribution >= 0.6 is 11.6 Å². The number of hydrogen-bond acceptors (Lipinski definition) is 7. The van der Waals surface area contributed by atoms with Crippen molar-refractivity contribution in [1.29, 1.82) is 0 Å². The first kappa shape index (κ1) is 25.7. The molecule has 2 aromatic heterocycles. The van der Waals surface area contributed by atoms with Gasteiger partial charge in [0.15, 0.2) is 5.65 Å². The van der Waals surface area contributed by atoms with Gasteiger partial charge >= 0.3 is 0 Å². The zero-order valence-electron chi connectivity index (χ0n) is 20.9. The molecule has 2 atom stereocenters. The molecule has 5 rings (SSSR count). The average Bonchev–Trinajstić information content (AvgIpc) is 3.17. The highest BCUT2D eigenvalue weighted by molar-refractivity contribution is 6.33. The van der Waals surface area contributed by atoms with E-state index in [1.165, 1.54) is 12.1 Å². The van der Waals surface area contributed by atoms with Crippen molar-refractivity contribution in [2.24, 2.45) is 11.7 Å². The van der Waals surface area contributed by atoms with Gasteiger partial charge in [0.05, 0.1) is 22.5 Å². The van der Waals surface area contributed by atoms with Crippen molar-refractivity contribution in [2.45, 2.75) is 82.4 Å². The maximum atomic E-state index is 13.6. The van der Waals surface area contributed by atoms with Gasteiger partial charge in [0.1, 0.15) is 11.3 Å². The van der Waals surface area contributed by atoms with Crippen LogP contribution in [0.1, 0.15) is 70.8 Å². The van der Waals surface area contributed by atoms with Crippen LogP contribution in [-0.2, 0) is 4.79 Å².